The molecule has 0 aromatic heterocycles. The Hall–Kier alpha value is -0.770. The molecule has 18 heavy (non-hydrogen) atoms. The molecule has 0 spiro atoms. The summed E-state index contributed by atoms with van der Waals surface area (Å²) in [6, 6.07) is 0. The highest BCUT2D eigenvalue weighted by Gasteiger charge is 2.34. The molecule has 1 aliphatic carbocycles. The van der Waals surface area contributed by atoms with Crippen molar-refractivity contribution in [1.82, 2.24) is 5.32 Å². The Kier molecular flexibility index (Phi) is 5.45. The summed E-state index contributed by atoms with van der Waals surface area (Å²) in [5.74, 6) is 0. The summed E-state index contributed by atoms with van der Waals surface area (Å²) in [5, 5.41) is 3.11. The highest BCUT2D eigenvalue weighted by atomic mass is 16.6. The second-order valence-corrected chi connectivity index (χ2v) is 6.36. The molecule has 4 heteroatoms. The maximum absolute atomic E-state index is 11.9. The van der Waals surface area contributed by atoms with Gasteiger partial charge in [-0.05, 0) is 53.0 Å². The van der Waals surface area contributed by atoms with Gasteiger partial charge in [-0.3, -0.25) is 0 Å². The summed E-state index contributed by atoms with van der Waals surface area (Å²) in [6.45, 7) is 6.35. The van der Waals surface area contributed by atoms with Crippen molar-refractivity contribution in [2.45, 2.75) is 76.9 Å². The Labute approximate surface area is 111 Å². The van der Waals surface area contributed by atoms with Crippen molar-refractivity contribution in [2.75, 3.05) is 6.54 Å². The number of nitrogens with one attached hydrogen (secondary N) is 1. The Morgan fingerprint density at radius 3 is 2.39 bits per heavy atom. The van der Waals surface area contributed by atoms with Crippen LogP contribution >= 0.6 is 0 Å². The molecule has 0 heterocycles. The van der Waals surface area contributed by atoms with Gasteiger partial charge in [-0.1, -0.05) is 19.3 Å². The number of ether oxygens (including phenoxy) is 1. The second kappa shape index (κ2) is 6.41. The first-order chi connectivity index (χ1) is 8.37. The van der Waals surface area contributed by atoms with Crippen molar-refractivity contribution < 1.29 is 9.53 Å². The predicted octanol–water partition coefficient (Wildman–Crippen LogP) is 2.95. The van der Waals surface area contributed by atoms with Gasteiger partial charge in [0.1, 0.15) is 5.60 Å². The van der Waals surface area contributed by atoms with Crippen molar-refractivity contribution in [3.63, 3.8) is 0 Å². The summed E-state index contributed by atoms with van der Waals surface area (Å²) < 4.78 is 5.36. The van der Waals surface area contributed by atoms with Gasteiger partial charge in [0.25, 0.3) is 0 Å². The smallest absolute Gasteiger partial charge is 0.408 e. The van der Waals surface area contributed by atoms with Gasteiger partial charge in [0.2, 0.25) is 0 Å². The Balaban J connectivity index is 2.57. The van der Waals surface area contributed by atoms with Crippen molar-refractivity contribution in [2.24, 2.45) is 5.73 Å². The molecule has 0 aromatic rings. The lowest BCUT2D eigenvalue weighted by Gasteiger charge is -2.38. The molecule has 0 atom stereocenters. The largest absolute Gasteiger partial charge is 0.444 e. The summed E-state index contributed by atoms with van der Waals surface area (Å²) in [7, 11) is 0. The molecule has 0 radical (unpaired) electrons. The van der Waals surface area contributed by atoms with Crippen LogP contribution in [0, 0.1) is 0 Å². The minimum Gasteiger partial charge on any atom is -0.444 e. The summed E-state index contributed by atoms with van der Waals surface area (Å²) in [4.78, 5) is 11.9. The second-order valence-electron chi connectivity index (χ2n) is 6.36. The number of amides is 1. The third kappa shape index (κ3) is 5.25. The fraction of sp³-hybridized carbons (Fsp3) is 0.929. The van der Waals surface area contributed by atoms with Crippen LogP contribution in [0.5, 0.6) is 0 Å². The molecule has 0 aliphatic heterocycles. The number of carbonyl (C=O) groups excluding carboxylic acids is 1. The lowest BCUT2D eigenvalue weighted by molar-refractivity contribution is 0.0414. The molecular weight excluding hydrogens is 228 g/mol. The minimum absolute atomic E-state index is 0.0834. The fourth-order valence-electron chi connectivity index (χ4n) is 2.63. The molecule has 1 saturated carbocycles. The van der Waals surface area contributed by atoms with Crippen molar-refractivity contribution in [3.05, 3.63) is 0 Å². The van der Waals surface area contributed by atoms with E-state index in [1.807, 2.05) is 20.8 Å². The van der Waals surface area contributed by atoms with Crippen LogP contribution in [-0.4, -0.2) is 23.8 Å². The third-order valence-electron chi connectivity index (χ3n) is 3.44. The third-order valence-corrected chi connectivity index (χ3v) is 3.44. The maximum Gasteiger partial charge on any atom is 0.408 e. The van der Waals surface area contributed by atoms with E-state index in [4.69, 9.17) is 10.5 Å². The predicted molar refractivity (Wildman–Crippen MR) is 73.5 cm³/mol. The van der Waals surface area contributed by atoms with Crippen LogP contribution in [0.3, 0.4) is 0 Å². The van der Waals surface area contributed by atoms with Crippen LogP contribution in [0.1, 0.15) is 65.7 Å². The number of rotatable bonds is 4. The van der Waals surface area contributed by atoms with Crippen molar-refractivity contribution in [1.29, 1.82) is 0 Å². The van der Waals surface area contributed by atoms with Gasteiger partial charge in [-0.25, -0.2) is 4.79 Å². The average Bonchev–Trinajstić information content (AvgIpc) is 2.25. The van der Waals surface area contributed by atoms with E-state index in [1.54, 1.807) is 0 Å². The Morgan fingerprint density at radius 2 is 1.89 bits per heavy atom. The van der Waals surface area contributed by atoms with Crippen LogP contribution in [0.25, 0.3) is 0 Å². The average molecular weight is 256 g/mol. The highest BCUT2D eigenvalue weighted by molar-refractivity contribution is 5.68. The van der Waals surface area contributed by atoms with Crippen LogP contribution in [-0.2, 0) is 4.74 Å². The number of hydrogen-bond acceptors (Lipinski definition) is 3. The zero-order valence-corrected chi connectivity index (χ0v) is 12.1. The van der Waals surface area contributed by atoms with E-state index in [0.29, 0.717) is 6.54 Å². The lowest BCUT2D eigenvalue weighted by Crippen LogP contribution is -2.51. The van der Waals surface area contributed by atoms with Crippen molar-refractivity contribution >= 4 is 6.09 Å². The molecule has 1 aliphatic rings. The van der Waals surface area contributed by atoms with Crippen LogP contribution in [0.15, 0.2) is 0 Å². The molecule has 106 valence electrons. The highest BCUT2D eigenvalue weighted by Crippen LogP contribution is 2.32. The minimum atomic E-state index is -0.437. The van der Waals surface area contributed by atoms with Crippen LogP contribution in [0.4, 0.5) is 4.79 Å². The number of alkyl carbamates (subject to hydrolysis) is 1. The first kappa shape index (κ1) is 15.3. The van der Waals surface area contributed by atoms with E-state index >= 15 is 0 Å². The van der Waals surface area contributed by atoms with Gasteiger partial charge < -0.3 is 15.8 Å². The molecule has 3 N–H and O–H groups in total. The van der Waals surface area contributed by atoms with Gasteiger partial charge >= 0.3 is 6.09 Å². The molecule has 1 fully saturated rings. The first-order valence-electron chi connectivity index (χ1n) is 7.08. The van der Waals surface area contributed by atoms with Crippen molar-refractivity contribution in [3.8, 4) is 0 Å². The van der Waals surface area contributed by atoms with Gasteiger partial charge in [0.15, 0.2) is 0 Å². The molecule has 0 aromatic carbocycles. The number of nitrogens with two attached hydrogens (primary N) is 1. The molecule has 4 nitrogen and oxygen atoms in total. The topological polar surface area (TPSA) is 64.3 Å². The quantitative estimate of drug-likeness (QED) is 0.812. The standard InChI is InChI=1S/C14H28N2O2/c1-13(2,3)18-12(17)16-14(10-7-11-15)8-5-4-6-9-14/h4-11,15H2,1-3H3,(H,16,17). The molecule has 0 unspecified atom stereocenters. The van der Waals surface area contributed by atoms with E-state index in [0.717, 1.165) is 25.7 Å². The zero-order chi connectivity index (χ0) is 13.6. The molecule has 1 amide bonds. The fourth-order valence-corrected chi connectivity index (χ4v) is 2.63. The normalized spacial score (nSPS) is 19.3. The summed E-state index contributed by atoms with van der Waals surface area (Å²) in [5.41, 5.74) is 5.07. The Bertz CT molecular complexity index is 265. The zero-order valence-electron chi connectivity index (χ0n) is 12.1. The Morgan fingerprint density at radius 1 is 1.28 bits per heavy atom. The van der Waals surface area contributed by atoms with E-state index < -0.39 is 5.60 Å². The van der Waals surface area contributed by atoms with E-state index in [9.17, 15) is 4.79 Å². The van der Waals surface area contributed by atoms with Gasteiger partial charge in [0, 0.05) is 5.54 Å². The van der Waals surface area contributed by atoms with E-state index in [-0.39, 0.29) is 11.6 Å². The number of carbonyl (C=O) groups is 1. The summed E-state index contributed by atoms with van der Waals surface area (Å²) in [6.07, 6.45) is 7.35. The monoisotopic (exact) mass is 256 g/mol. The number of hydrogen-bond donors (Lipinski definition) is 2. The molecule has 1 rings (SSSR count). The van der Waals surface area contributed by atoms with E-state index in [2.05, 4.69) is 5.32 Å². The van der Waals surface area contributed by atoms with Gasteiger partial charge in [-0.2, -0.15) is 0 Å². The summed E-state index contributed by atoms with van der Waals surface area (Å²) >= 11 is 0. The van der Waals surface area contributed by atoms with Crippen LogP contribution in [0.2, 0.25) is 0 Å². The maximum atomic E-state index is 11.9. The first-order valence-corrected chi connectivity index (χ1v) is 7.08. The van der Waals surface area contributed by atoms with E-state index in [1.165, 1.54) is 19.3 Å². The van der Waals surface area contributed by atoms with Gasteiger partial charge in [0.05, 0.1) is 0 Å². The van der Waals surface area contributed by atoms with Gasteiger partial charge in [-0.15, -0.1) is 0 Å². The SMILES string of the molecule is CC(C)(C)OC(=O)NC1(CCCN)CCCCC1. The molecular formula is C14H28N2O2. The lowest BCUT2D eigenvalue weighted by atomic mass is 9.78. The van der Waals surface area contributed by atoms with Crippen LogP contribution < -0.4 is 11.1 Å². The molecule has 0 saturated heterocycles. The molecule has 0 bridgehead atoms.